The summed E-state index contributed by atoms with van der Waals surface area (Å²) >= 11 is 0. The molecular formula is C18H28F3N5O. The number of rotatable bonds is 7. The standard InChI is InChI=1S/C18H28F3N5O/c1-4-22-17(25-15-7-8-26(11-15)12-18(19,20)21)24-10-14-5-6-16(23-9-14)27-13(2)3/h5-6,9,13,15H,4,7-8,10-12H2,1-3H3,(H2,22,24,25). The van der Waals surface area contributed by atoms with E-state index in [0.29, 0.717) is 44.4 Å². The van der Waals surface area contributed by atoms with Crippen LogP contribution in [0.4, 0.5) is 13.2 Å². The molecule has 1 saturated heterocycles. The van der Waals surface area contributed by atoms with Crippen molar-refractivity contribution in [1.82, 2.24) is 20.5 Å². The molecule has 1 aromatic heterocycles. The number of ether oxygens (including phenoxy) is 1. The van der Waals surface area contributed by atoms with Gasteiger partial charge in [-0.2, -0.15) is 13.2 Å². The number of nitrogens with zero attached hydrogens (tertiary/aromatic N) is 3. The van der Waals surface area contributed by atoms with Crippen molar-refractivity contribution in [2.75, 3.05) is 26.2 Å². The summed E-state index contributed by atoms with van der Waals surface area (Å²) in [5, 5.41) is 6.36. The highest BCUT2D eigenvalue weighted by Gasteiger charge is 2.34. The Morgan fingerprint density at radius 2 is 2.19 bits per heavy atom. The van der Waals surface area contributed by atoms with Crippen LogP contribution in [0.3, 0.4) is 0 Å². The van der Waals surface area contributed by atoms with Gasteiger partial charge in [0.2, 0.25) is 5.88 Å². The van der Waals surface area contributed by atoms with Crippen molar-refractivity contribution in [1.29, 1.82) is 0 Å². The van der Waals surface area contributed by atoms with Gasteiger partial charge in [-0.25, -0.2) is 9.98 Å². The predicted molar refractivity (Wildman–Crippen MR) is 98.9 cm³/mol. The van der Waals surface area contributed by atoms with Crippen LogP contribution in [0.15, 0.2) is 23.3 Å². The highest BCUT2D eigenvalue weighted by molar-refractivity contribution is 5.80. The molecule has 0 saturated carbocycles. The first-order chi connectivity index (χ1) is 12.7. The number of hydrogen-bond acceptors (Lipinski definition) is 4. The zero-order valence-electron chi connectivity index (χ0n) is 16.0. The fourth-order valence-electron chi connectivity index (χ4n) is 2.85. The van der Waals surface area contributed by atoms with Crippen molar-refractivity contribution in [3.63, 3.8) is 0 Å². The lowest BCUT2D eigenvalue weighted by molar-refractivity contribution is -0.143. The molecule has 2 N–H and O–H groups in total. The molecule has 1 aliphatic heterocycles. The van der Waals surface area contributed by atoms with Crippen LogP contribution in [0.25, 0.3) is 0 Å². The lowest BCUT2D eigenvalue weighted by Gasteiger charge is -2.19. The number of alkyl halides is 3. The molecule has 0 bridgehead atoms. The minimum absolute atomic E-state index is 0.0508. The van der Waals surface area contributed by atoms with Gasteiger partial charge in [0.1, 0.15) is 0 Å². The molecule has 1 aromatic rings. The molecule has 1 unspecified atom stereocenters. The zero-order chi connectivity index (χ0) is 19.9. The first kappa shape index (κ1) is 21.3. The zero-order valence-corrected chi connectivity index (χ0v) is 16.0. The number of halogens is 3. The first-order valence-electron chi connectivity index (χ1n) is 9.20. The van der Waals surface area contributed by atoms with Crippen molar-refractivity contribution < 1.29 is 17.9 Å². The average Bonchev–Trinajstić information content (AvgIpc) is 2.98. The van der Waals surface area contributed by atoms with Gasteiger partial charge in [-0.05, 0) is 32.8 Å². The smallest absolute Gasteiger partial charge is 0.401 e. The summed E-state index contributed by atoms with van der Waals surface area (Å²) in [4.78, 5) is 10.2. The van der Waals surface area contributed by atoms with E-state index in [-0.39, 0.29) is 12.1 Å². The summed E-state index contributed by atoms with van der Waals surface area (Å²) < 4.78 is 43.0. The molecular weight excluding hydrogens is 359 g/mol. The molecule has 6 nitrogen and oxygen atoms in total. The number of hydrogen-bond donors (Lipinski definition) is 2. The van der Waals surface area contributed by atoms with Gasteiger partial charge in [-0.3, -0.25) is 4.90 Å². The Hall–Kier alpha value is -2.03. The van der Waals surface area contributed by atoms with Gasteiger partial charge in [0.15, 0.2) is 5.96 Å². The lowest BCUT2D eigenvalue weighted by Crippen LogP contribution is -2.45. The second kappa shape index (κ2) is 9.77. The Bertz CT molecular complexity index is 604. The van der Waals surface area contributed by atoms with Gasteiger partial charge in [-0.1, -0.05) is 6.07 Å². The van der Waals surface area contributed by atoms with E-state index in [0.717, 1.165) is 5.56 Å². The van der Waals surface area contributed by atoms with E-state index >= 15 is 0 Å². The third-order valence-electron chi connectivity index (χ3n) is 3.93. The van der Waals surface area contributed by atoms with Crippen molar-refractivity contribution >= 4 is 5.96 Å². The maximum Gasteiger partial charge on any atom is 0.401 e. The normalized spacial score (nSPS) is 18.8. The van der Waals surface area contributed by atoms with Gasteiger partial charge in [0.05, 0.1) is 19.2 Å². The minimum atomic E-state index is -4.16. The van der Waals surface area contributed by atoms with Gasteiger partial charge >= 0.3 is 6.18 Å². The van der Waals surface area contributed by atoms with E-state index in [1.165, 1.54) is 4.90 Å². The molecule has 9 heteroatoms. The number of guanidine groups is 1. The quantitative estimate of drug-likeness (QED) is 0.556. The SMILES string of the molecule is CCNC(=NCc1ccc(OC(C)C)nc1)NC1CCN(CC(F)(F)F)C1. The molecule has 1 aliphatic rings. The van der Waals surface area contributed by atoms with Gasteiger partial charge in [0.25, 0.3) is 0 Å². The van der Waals surface area contributed by atoms with Crippen LogP contribution in [-0.4, -0.2) is 60.3 Å². The molecule has 1 atom stereocenters. The van der Waals surface area contributed by atoms with E-state index in [1.807, 2.05) is 26.8 Å². The third-order valence-corrected chi connectivity index (χ3v) is 3.93. The largest absolute Gasteiger partial charge is 0.475 e. The van der Waals surface area contributed by atoms with Crippen LogP contribution in [0.2, 0.25) is 0 Å². The highest BCUT2D eigenvalue weighted by Crippen LogP contribution is 2.20. The molecule has 152 valence electrons. The Morgan fingerprint density at radius 3 is 2.78 bits per heavy atom. The van der Waals surface area contributed by atoms with E-state index in [2.05, 4.69) is 20.6 Å². The second-order valence-corrected chi connectivity index (χ2v) is 6.85. The van der Waals surface area contributed by atoms with Crippen molar-refractivity contribution in [3.05, 3.63) is 23.9 Å². The maximum atomic E-state index is 12.5. The summed E-state index contributed by atoms with van der Waals surface area (Å²) in [5.41, 5.74) is 0.924. The van der Waals surface area contributed by atoms with Gasteiger partial charge in [-0.15, -0.1) is 0 Å². The van der Waals surface area contributed by atoms with Crippen LogP contribution in [-0.2, 0) is 6.54 Å². The van der Waals surface area contributed by atoms with Crippen molar-refractivity contribution in [2.24, 2.45) is 4.99 Å². The van der Waals surface area contributed by atoms with Gasteiger partial charge < -0.3 is 15.4 Å². The van der Waals surface area contributed by atoms with Crippen LogP contribution < -0.4 is 15.4 Å². The minimum Gasteiger partial charge on any atom is -0.475 e. The van der Waals surface area contributed by atoms with E-state index in [4.69, 9.17) is 4.74 Å². The topological polar surface area (TPSA) is 61.8 Å². The predicted octanol–water partition coefficient (Wildman–Crippen LogP) is 2.56. The molecule has 0 spiro atoms. The van der Waals surface area contributed by atoms with Crippen LogP contribution >= 0.6 is 0 Å². The molecule has 0 aromatic carbocycles. The van der Waals surface area contributed by atoms with E-state index < -0.39 is 12.7 Å². The molecule has 0 aliphatic carbocycles. The summed E-state index contributed by atoms with van der Waals surface area (Å²) in [7, 11) is 0. The average molecular weight is 387 g/mol. The monoisotopic (exact) mass is 387 g/mol. The Balaban J connectivity index is 1.89. The number of likely N-dealkylation sites (tertiary alicyclic amines) is 1. The molecule has 2 heterocycles. The third kappa shape index (κ3) is 8.03. The Labute approximate surface area is 158 Å². The molecule has 1 fully saturated rings. The van der Waals surface area contributed by atoms with Crippen molar-refractivity contribution in [3.8, 4) is 5.88 Å². The number of pyridine rings is 1. The van der Waals surface area contributed by atoms with Crippen LogP contribution in [0.1, 0.15) is 32.8 Å². The Kier molecular flexibility index (Phi) is 7.70. The van der Waals surface area contributed by atoms with Crippen LogP contribution in [0.5, 0.6) is 5.88 Å². The fraction of sp³-hybridized carbons (Fsp3) is 0.667. The second-order valence-electron chi connectivity index (χ2n) is 6.85. The number of aliphatic imine (C=N–C) groups is 1. The fourth-order valence-corrected chi connectivity index (χ4v) is 2.85. The number of aromatic nitrogens is 1. The first-order valence-corrected chi connectivity index (χ1v) is 9.20. The molecule has 27 heavy (non-hydrogen) atoms. The van der Waals surface area contributed by atoms with Crippen LogP contribution in [0, 0.1) is 0 Å². The molecule has 2 rings (SSSR count). The summed E-state index contributed by atoms with van der Waals surface area (Å²) in [6.07, 6.45) is -1.73. The molecule has 0 amide bonds. The summed E-state index contributed by atoms with van der Waals surface area (Å²) in [5.74, 6) is 1.16. The van der Waals surface area contributed by atoms with E-state index in [1.54, 1.807) is 12.3 Å². The summed E-state index contributed by atoms with van der Waals surface area (Å²) in [6, 6.07) is 3.65. The summed E-state index contributed by atoms with van der Waals surface area (Å²) in [6.45, 7) is 6.83. The van der Waals surface area contributed by atoms with Gasteiger partial charge in [0, 0.05) is 37.9 Å². The number of nitrogens with one attached hydrogen (secondary N) is 2. The Morgan fingerprint density at radius 1 is 1.41 bits per heavy atom. The molecule has 0 radical (unpaired) electrons. The van der Waals surface area contributed by atoms with E-state index in [9.17, 15) is 13.2 Å². The van der Waals surface area contributed by atoms with Crippen molar-refractivity contribution in [2.45, 2.75) is 52.1 Å². The lowest BCUT2D eigenvalue weighted by atomic mass is 10.2. The maximum absolute atomic E-state index is 12.5. The highest BCUT2D eigenvalue weighted by atomic mass is 19.4.